The molecule has 0 fully saturated rings. The Morgan fingerprint density at radius 2 is 1.88 bits per heavy atom. The summed E-state index contributed by atoms with van der Waals surface area (Å²) in [6.45, 7) is 4.89. The molecule has 2 amide bonds. The van der Waals surface area contributed by atoms with Crippen LogP contribution in [0.1, 0.15) is 34.8 Å². The summed E-state index contributed by atoms with van der Waals surface area (Å²) in [5.41, 5.74) is 11.9. The third-order valence-electron chi connectivity index (χ3n) is 3.75. The molecule has 4 N–H and O–H groups in total. The van der Waals surface area contributed by atoms with Crippen LogP contribution in [0.4, 0.5) is 0 Å². The normalized spacial score (nSPS) is 11.3. The predicted octanol–water partition coefficient (Wildman–Crippen LogP) is 1.03. The van der Waals surface area contributed by atoms with Crippen molar-refractivity contribution in [2.24, 2.45) is 16.9 Å². The molecule has 0 bridgehead atoms. The van der Waals surface area contributed by atoms with Gasteiger partial charge in [-0.1, -0.05) is 32.0 Å². The minimum atomic E-state index is -0.643. The molecule has 2 rings (SSSR count). The number of hydrogen-bond donors (Lipinski definition) is 2. The van der Waals surface area contributed by atoms with Crippen molar-refractivity contribution in [2.75, 3.05) is 20.1 Å². The lowest BCUT2D eigenvalue weighted by Crippen LogP contribution is -2.39. The monoisotopic (exact) mass is 329 g/mol. The second kappa shape index (κ2) is 6.84. The molecule has 0 saturated heterocycles. The lowest BCUT2D eigenvalue weighted by atomic mass is 9.93. The molecule has 0 unspecified atom stereocenters. The van der Waals surface area contributed by atoms with Gasteiger partial charge in [-0.05, 0) is 24.1 Å². The Morgan fingerprint density at radius 3 is 2.42 bits per heavy atom. The Balaban J connectivity index is 2.35. The zero-order valence-electron chi connectivity index (χ0n) is 14.2. The van der Waals surface area contributed by atoms with E-state index in [0.717, 1.165) is 0 Å². The molecular weight excluding hydrogens is 306 g/mol. The summed E-state index contributed by atoms with van der Waals surface area (Å²) in [7, 11) is 1.69. The molecular formula is C17H23N5O2. The van der Waals surface area contributed by atoms with Crippen LogP contribution in [-0.2, 0) is 0 Å². The Morgan fingerprint density at radius 1 is 1.25 bits per heavy atom. The van der Waals surface area contributed by atoms with Crippen LogP contribution >= 0.6 is 0 Å². The first-order valence-electron chi connectivity index (χ1n) is 7.66. The van der Waals surface area contributed by atoms with Gasteiger partial charge < -0.3 is 16.4 Å². The zero-order valence-corrected chi connectivity index (χ0v) is 14.2. The molecule has 7 heteroatoms. The Labute approximate surface area is 141 Å². The van der Waals surface area contributed by atoms with Gasteiger partial charge >= 0.3 is 0 Å². The lowest BCUT2D eigenvalue weighted by Gasteiger charge is -2.28. The van der Waals surface area contributed by atoms with Crippen molar-refractivity contribution in [1.29, 1.82) is 0 Å². The average Bonchev–Trinajstić information content (AvgIpc) is 3.00. The van der Waals surface area contributed by atoms with Gasteiger partial charge in [0.05, 0.1) is 5.69 Å². The first kappa shape index (κ1) is 17.7. The minimum Gasteiger partial charge on any atom is -0.364 e. The molecule has 0 saturated carbocycles. The summed E-state index contributed by atoms with van der Waals surface area (Å²) in [5, 5.41) is 4.27. The van der Waals surface area contributed by atoms with Crippen LogP contribution in [-0.4, -0.2) is 46.6 Å². The van der Waals surface area contributed by atoms with E-state index in [1.54, 1.807) is 24.1 Å². The highest BCUT2D eigenvalue weighted by Gasteiger charge is 2.25. The van der Waals surface area contributed by atoms with E-state index in [2.05, 4.69) is 5.10 Å². The lowest BCUT2D eigenvalue weighted by molar-refractivity contribution is 0.0734. The molecule has 0 aliphatic rings. The summed E-state index contributed by atoms with van der Waals surface area (Å²) < 4.78 is 1.39. The van der Waals surface area contributed by atoms with Crippen molar-refractivity contribution in [3.05, 3.63) is 47.8 Å². The van der Waals surface area contributed by atoms with E-state index < -0.39 is 5.91 Å². The highest BCUT2D eigenvalue weighted by atomic mass is 16.2. The predicted molar refractivity (Wildman–Crippen MR) is 91.9 cm³/mol. The molecule has 1 heterocycles. The van der Waals surface area contributed by atoms with E-state index in [0.29, 0.717) is 18.8 Å². The Hall–Kier alpha value is -2.67. The third kappa shape index (κ3) is 3.80. The number of para-hydroxylation sites is 1. The number of carbonyl (C=O) groups is 2. The Bertz CT molecular complexity index is 737. The van der Waals surface area contributed by atoms with Gasteiger partial charge in [0.1, 0.15) is 5.69 Å². The van der Waals surface area contributed by atoms with Crippen molar-refractivity contribution in [2.45, 2.75) is 13.8 Å². The van der Waals surface area contributed by atoms with E-state index in [1.165, 1.54) is 10.7 Å². The van der Waals surface area contributed by atoms with Crippen LogP contribution in [0.2, 0.25) is 0 Å². The van der Waals surface area contributed by atoms with Gasteiger partial charge in [0.25, 0.3) is 11.8 Å². The van der Waals surface area contributed by atoms with Gasteiger partial charge in [0, 0.05) is 19.7 Å². The van der Waals surface area contributed by atoms with E-state index in [9.17, 15) is 9.59 Å². The maximum absolute atomic E-state index is 12.6. The van der Waals surface area contributed by atoms with E-state index in [4.69, 9.17) is 11.5 Å². The first-order chi connectivity index (χ1) is 11.2. The average molecular weight is 329 g/mol. The highest BCUT2D eigenvalue weighted by Crippen LogP contribution is 2.17. The molecule has 0 spiro atoms. The zero-order chi connectivity index (χ0) is 17.9. The number of rotatable bonds is 6. The number of aromatic nitrogens is 2. The summed E-state index contributed by atoms with van der Waals surface area (Å²) in [5.74, 6) is -0.927. The van der Waals surface area contributed by atoms with Gasteiger partial charge in [0.2, 0.25) is 0 Å². The van der Waals surface area contributed by atoms with Crippen LogP contribution in [0, 0.1) is 5.41 Å². The first-order valence-corrected chi connectivity index (χ1v) is 7.66. The number of nitrogens with zero attached hydrogens (tertiary/aromatic N) is 3. The maximum Gasteiger partial charge on any atom is 0.274 e. The molecule has 0 aliphatic heterocycles. The van der Waals surface area contributed by atoms with Crippen molar-refractivity contribution < 1.29 is 9.59 Å². The molecule has 0 aliphatic carbocycles. The van der Waals surface area contributed by atoms with E-state index in [1.807, 2.05) is 32.0 Å². The second-order valence-corrected chi connectivity index (χ2v) is 6.56. The van der Waals surface area contributed by atoms with Gasteiger partial charge in [-0.2, -0.15) is 5.10 Å². The molecule has 1 aromatic carbocycles. The molecule has 0 radical (unpaired) electrons. The quantitative estimate of drug-likeness (QED) is 0.825. The van der Waals surface area contributed by atoms with Crippen molar-refractivity contribution >= 4 is 11.8 Å². The van der Waals surface area contributed by atoms with Gasteiger partial charge in [-0.15, -0.1) is 0 Å². The van der Waals surface area contributed by atoms with E-state index >= 15 is 0 Å². The van der Waals surface area contributed by atoms with Crippen LogP contribution in [0.5, 0.6) is 0 Å². The molecule has 24 heavy (non-hydrogen) atoms. The molecule has 0 atom stereocenters. The summed E-state index contributed by atoms with van der Waals surface area (Å²) >= 11 is 0. The van der Waals surface area contributed by atoms with Crippen LogP contribution < -0.4 is 11.5 Å². The second-order valence-electron chi connectivity index (χ2n) is 6.56. The smallest absolute Gasteiger partial charge is 0.274 e. The standard InChI is InChI=1S/C17H23N5O2/c1-17(2,10-18)11-21(3)16(24)13-9-14(15(19)23)22(20-13)12-7-5-4-6-8-12/h4-9H,10-11,18H2,1-3H3,(H2,19,23). The highest BCUT2D eigenvalue weighted by molar-refractivity contribution is 5.97. The van der Waals surface area contributed by atoms with E-state index in [-0.39, 0.29) is 22.7 Å². The SMILES string of the molecule is CN(CC(C)(C)CN)C(=O)c1cc(C(N)=O)n(-c2ccccc2)n1. The number of amides is 2. The number of carbonyl (C=O) groups excluding carboxylic acids is 2. The Kier molecular flexibility index (Phi) is 5.04. The number of hydrogen-bond acceptors (Lipinski definition) is 4. The summed E-state index contributed by atoms with van der Waals surface area (Å²) in [4.78, 5) is 25.9. The molecule has 128 valence electrons. The summed E-state index contributed by atoms with van der Waals surface area (Å²) in [6, 6.07) is 10.5. The van der Waals surface area contributed by atoms with Crippen LogP contribution in [0.15, 0.2) is 36.4 Å². The molecule has 7 nitrogen and oxygen atoms in total. The fourth-order valence-electron chi connectivity index (χ4n) is 2.40. The van der Waals surface area contributed by atoms with Crippen molar-refractivity contribution in [3.8, 4) is 5.69 Å². The van der Waals surface area contributed by atoms with Gasteiger partial charge in [0.15, 0.2) is 5.69 Å². The maximum atomic E-state index is 12.6. The topological polar surface area (TPSA) is 107 Å². The van der Waals surface area contributed by atoms with Crippen LogP contribution in [0.25, 0.3) is 5.69 Å². The minimum absolute atomic E-state index is 0.163. The number of primary amides is 1. The van der Waals surface area contributed by atoms with Crippen LogP contribution in [0.3, 0.4) is 0 Å². The third-order valence-corrected chi connectivity index (χ3v) is 3.75. The molecule has 2 aromatic rings. The van der Waals surface area contributed by atoms with Gasteiger partial charge in [-0.3, -0.25) is 9.59 Å². The number of benzene rings is 1. The van der Waals surface area contributed by atoms with Crippen molar-refractivity contribution in [1.82, 2.24) is 14.7 Å². The fraction of sp³-hybridized carbons (Fsp3) is 0.353. The molecule has 1 aromatic heterocycles. The van der Waals surface area contributed by atoms with Gasteiger partial charge in [-0.25, -0.2) is 4.68 Å². The fourth-order valence-corrected chi connectivity index (χ4v) is 2.40. The summed E-state index contributed by atoms with van der Waals surface area (Å²) in [6.07, 6.45) is 0. The largest absolute Gasteiger partial charge is 0.364 e. The van der Waals surface area contributed by atoms with Crippen molar-refractivity contribution in [3.63, 3.8) is 0 Å². The number of nitrogens with two attached hydrogens (primary N) is 2.